The highest BCUT2D eigenvalue weighted by atomic mass is 16.4. The van der Waals surface area contributed by atoms with Crippen molar-refractivity contribution in [2.75, 3.05) is 26.2 Å². The van der Waals surface area contributed by atoms with Gasteiger partial charge in [-0.15, -0.1) is 0 Å². The fourth-order valence-corrected chi connectivity index (χ4v) is 4.42. The van der Waals surface area contributed by atoms with Gasteiger partial charge in [-0.2, -0.15) is 0 Å². The SMILES string of the molecule is NCCCC[C@H](NC(=O)CNC(=O)[C@H](Cc1c[nH]cn1)NC(=O)[C@@H](N)CCCCN)C(=O)N[C@@H](Cc1c[nH]cn1)C(=O)NCC(=O)O. The number of nitrogens with two attached hydrogens (primary N) is 3. The number of hydrogen-bond donors (Lipinski definition) is 11. The van der Waals surface area contributed by atoms with E-state index in [1.807, 2.05) is 0 Å². The number of unbranched alkanes of at least 4 members (excludes halogenated alkanes) is 2. The first kappa shape index (κ1) is 38.3. The van der Waals surface area contributed by atoms with E-state index >= 15 is 0 Å². The van der Waals surface area contributed by atoms with Gasteiger partial charge in [-0.1, -0.05) is 6.42 Å². The van der Waals surface area contributed by atoms with Crippen LogP contribution in [0.4, 0.5) is 0 Å². The van der Waals surface area contributed by atoms with Crippen molar-refractivity contribution in [3.05, 3.63) is 36.4 Å². The minimum atomic E-state index is -1.27. The summed E-state index contributed by atoms with van der Waals surface area (Å²) in [4.78, 5) is 89.4. The maximum Gasteiger partial charge on any atom is 0.322 e. The summed E-state index contributed by atoms with van der Waals surface area (Å²) in [5, 5.41) is 21.4. The van der Waals surface area contributed by atoms with Crippen molar-refractivity contribution < 1.29 is 33.9 Å². The number of nitrogens with zero attached hydrogens (tertiary/aromatic N) is 2. The molecule has 0 radical (unpaired) electrons. The lowest BCUT2D eigenvalue weighted by atomic mass is 10.1. The number of aromatic amines is 2. The Bertz CT molecular complexity index is 1270. The molecular formula is C28H46N12O7. The first-order chi connectivity index (χ1) is 22.5. The summed E-state index contributed by atoms with van der Waals surface area (Å²) >= 11 is 0. The van der Waals surface area contributed by atoms with E-state index in [9.17, 15) is 28.8 Å². The minimum Gasteiger partial charge on any atom is -0.480 e. The summed E-state index contributed by atoms with van der Waals surface area (Å²) in [6.07, 6.45) is 8.72. The van der Waals surface area contributed by atoms with Crippen molar-refractivity contribution in [2.24, 2.45) is 17.2 Å². The van der Waals surface area contributed by atoms with Gasteiger partial charge >= 0.3 is 5.97 Å². The van der Waals surface area contributed by atoms with Crippen molar-refractivity contribution in [1.29, 1.82) is 0 Å². The van der Waals surface area contributed by atoms with Crippen LogP contribution < -0.4 is 43.8 Å². The van der Waals surface area contributed by atoms with Gasteiger partial charge in [0.1, 0.15) is 24.7 Å². The Kier molecular flexibility index (Phi) is 17.1. The molecule has 0 aromatic carbocycles. The van der Waals surface area contributed by atoms with Gasteiger partial charge in [0.15, 0.2) is 0 Å². The summed E-state index contributed by atoms with van der Waals surface area (Å²) in [7, 11) is 0. The number of carbonyl (C=O) groups excluding carboxylic acids is 5. The third-order valence-corrected chi connectivity index (χ3v) is 6.94. The molecule has 0 unspecified atom stereocenters. The Morgan fingerprint density at radius 2 is 1.19 bits per heavy atom. The fourth-order valence-electron chi connectivity index (χ4n) is 4.42. The third-order valence-electron chi connectivity index (χ3n) is 6.94. The summed E-state index contributed by atoms with van der Waals surface area (Å²) in [5.41, 5.74) is 18.0. The number of amides is 5. The van der Waals surface area contributed by atoms with Crippen LogP contribution in [0.25, 0.3) is 0 Å². The number of carboxylic acids is 1. The monoisotopic (exact) mass is 662 g/mol. The predicted molar refractivity (Wildman–Crippen MR) is 168 cm³/mol. The van der Waals surface area contributed by atoms with Crippen molar-refractivity contribution in [3.8, 4) is 0 Å². The van der Waals surface area contributed by atoms with Gasteiger partial charge in [-0.25, -0.2) is 9.97 Å². The van der Waals surface area contributed by atoms with Gasteiger partial charge in [0.05, 0.1) is 36.6 Å². The number of imidazole rings is 2. The lowest BCUT2D eigenvalue weighted by Crippen LogP contribution is -2.56. The molecule has 2 aromatic rings. The fraction of sp³-hybridized carbons (Fsp3) is 0.571. The summed E-state index contributed by atoms with van der Waals surface area (Å²) in [5.74, 6) is -4.67. The smallest absolute Gasteiger partial charge is 0.322 e. The third kappa shape index (κ3) is 14.8. The number of aliphatic carboxylic acids is 1. The van der Waals surface area contributed by atoms with Crippen LogP contribution in [0.5, 0.6) is 0 Å². The Balaban J connectivity index is 2.07. The van der Waals surface area contributed by atoms with Crippen LogP contribution in [-0.4, -0.2) is 111 Å². The van der Waals surface area contributed by atoms with E-state index in [-0.39, 0.29) is 19.3 Å². The van der Waals surface area contributed by atoms with E-state index in [1.165, 1.54) is 18.9 Å². The molecular weight excluding hydrogens is 616 g/mol. The molecule has 2 aromatic heterocycles. The van der Waals surface area contributed by atoms with Crippen LogP contribution in [0.1, 0.15) is 49.9 Å². The molecule has 5 amide bonds. The number of carboxylic acid groups (broad SMARTS) is 1. The maximum absolute atomic E-state index is 13.3. The Morgan fingerprint density at radius 1 is 0.681 bits per heavy atom. The van der Waals surface area contributed by atoms with E-state index in [4.69, 9.17) is 22.3 Å². The number of carbonyl (C=O) groups is 6. The quantitative estimate of drug-likeness (QED) is 0.0512. The normalized spacial score (nSPS) is 13.4. The van der Waals surface area contributed by atoms with Crippen LogP contribution >= 0.6 is 0 Å². The molecule has 14 N–H and O–H groups in total. The molecule has 0 aliphatic carbocycles. The van der Waals surface area contributed by atoms with E-state index in [1.54, 1.807) is 6.20 Å². The van der Waals surface area contributed by atoms with Gasteiger partial charge in [0.2, 0.25) is 29.5 Å². The average Bonchev–Trinajstić information content (AvgIpc) is 3.76. The van der Waals surface area contributed by atoms with Crippen molar-refractivity contribution in [2.45, 2.75) is 75.5 Å². The molecule has 0 saturated heterocycles. The van der Waals surface area contributed by atoms with E-state index < -0.39 is 72.8 Å². The molecule has 0 bridgehead atoms. The lowest BCUT2D eigenvalue weighted by molar-refractivity contribution is -0.138. The number of rotatable bonds is 23. The minimum absolute atomic E-state index is 0.0175. The first-order valence-corrected chi connectivity index (χ1v) is 15.3. The number of H-pyrrole nitrogens is 2. The van der Waals surface area contributed by atoms with Crippen LogP contribution in [0.2, 0.25) is 0 Å². The number of aromatic nitrogens is 4. The van der Waals surface area contributed by atoms with Crippen LogP contribution in [0, 0.1) is 0 Å². The molecule has 260 valence electrons. The van der Waals surface area contributed by atoms with E-state index in [0.717, 1.165) is 0 Å². The highest BCUT2D eigenvalue weighted by Crippen LogP contribution is 2.06. The average molecular weight is 663 g/mol. The Morgan fingerprint density at radius 3 is 1.68 bits per heavy atom. The molecule has 0 spiro atoms. The molecule has 2 rings (SSSR count). The molecule has 19 heteroatoms. The van der Waals surface area contributed by atoms with Gasteiger partial charge in [0.25, 0.3) is 0 Å². The summed E-state index contributed by atoms with van der Waals surface area (Å²) < 4.78 is 0. The van der Waals surface area contributed by atoms with Crippen LogP contribution in [0.15, 0.2) is 25.0 Å². The van der Waals surface area contributed by atoms with Crippen LogP contribution in [-0.2, 0) is 41.6 Å². The van der Waals surface area contributed by atoms with Crippen molar-refractivity contribution in [1.82, 2.24) is 46.5 Å². The molecule has 2 heterocycles. The van der Waals surface area contributed by atoms with Gasteiger partial charge in [0, 0.05) is 25.2 Å². The zero-order valence-electron chi connectivity index (χ0n) is 26.1. The largest absolute Gasteiger partial charge is 0.480 e. The zero-order valence-corrected chi connectivity index (χ0v) is 26.1. The molecule has 0 fully saturated rings. The molecule has 0 saturated carbocycles. The molecule has 0 aliphatic heterocycles. The Labute approximate surface area is 271 Å². The second-order valence-electron chi connectivity index (χ2n) is 10.8. The second-order valence-corrected chi connectivity index (χ2v) is 10.8. The molecule has 0 aliphatic rings. The number of nitrogens with one attached hydrogen (secondary N) is 7. The standard InChI is InChI=1S/C28H46N12O7/c29-7-3-1-5-19(31)25(44)39-21(9-17-11-32-15-36-17)26(45)34-13-23(41)38-20(6-2-4-8-30)28(47)40-22(10-18-12-33-16-37-18)27(46)35-14-24(42)43/h11-12,15-16,19-22H,1-10,13-14,29-31H2,(H,32,36)(H,33,37)(H,34,45)(H,35,46)(H,38,41)(H,39,44)(H,40,47)(H,42,43)/t19-,20-,21-,22-/m0/s1. The molecule has 47 heavy (non-hydrogen) atoms. The predicted octanol–water partition coefficient (Wildman–Crippen LogP) is -3.73. The van der Waals surface area contributed by atoms with Gasteiger partial charge in [-0.3, -0.25) is 28.8 Å². The summed E-state index contributed by atoms with van der Waals surface area (Å²) in [6.45, 7) is -0.393. The summed E-state index contributed by atoms with van der Waals surface area (Å²) in [6, 6.07) is -4.29. The zero-order chi connectivity index (χ0) is 34.6. The van der Waals surface area contributed by atoms with Crippen LogP contribution in [0.3, 0.4) is 0 Å². The van der Waals surface area contributed by atoms with E-state index in [0.29, 0.717) is 56.6 Å². The first-order valence-electron chi connectivity index (χ1n) is 15.3. The van der Waals surface area contributed by atoms with Gasteiger partial charge < -0.3 is 58.9 Å². The van der Waals surface area contributed by atoms with E-state index in [2.05, 4.69) is 46.5 Å². The highest BCUT2D eigenvalue weighted by Gasteiger charge is 2.29. The van der Waals surface area contributed by atoms with Crippen molar-refractivity contribution >= 4 is 35.5 Å². The molecule has 4 atom stereocenters. The Hall–Kier alpha value is -4.88. The highest BCUT2D eigenvalue weighted by molar-refractivity contribution is 5.95. The topological polar surface area (TPSA) is 318 Å². The lowest BCUT2D eigenvalue weighted by Gasteiger charge is -2.23. The molecule has 19 nitrogen and oxygen atoms in total. The number of hydrogen-bond acceptors (Lipinski definition) is 11. The maximum atomic E-state index is 13.3. The van der Waals surface area contributed by atoms with Crippen molar-refractivity contribution in [3.63, 3.8) is 0 Å². The second kappa shape index (κ2) is 21.0. The van der Waals surface area contributed by atoms with Gasteiger partial charge in [-0.05, 0) is 45.2 Å².